The predicted molar refractivity (Wildman–Crippen MR) is 85.9 cm³/mol. The normalized spacial score (nSPS) is 10.8. The number of halogens is 2. The Morgan fingerprint density at radius 1 is 1.24 bits per heavy atom. The first-order valence-electron chi connectivity index (χ1n) is 5.68. The van der Waals surface area contributed by atoms with Gasteiger partial charge in [0.05, 0.1) is 9.95 Å². The van der Waals surface area contributed by atoms with Gasteiger partial charge in [-0.25, -0.2) is 4.63 Å². The Labute approximate surface area is 136 Å². The number of nitro groups is 1. The highest BCUT2D eigenvalue weighted by Crippen LogP contribution is 2.37. The summed E-state index contributed by atoms with van der Waals surface area (Å²) in [4.78, 5) is 10.8. The zero-order valence-electron chi connectivity index (χ0n) is 10.2. The van der Waals surface area contributed by atoms with Gasteiger partial charge in [0.25, 0.3) is 0 Å². The highest BCUT2D eigenvalue weighted by Gasteiger charge is 2.25. The van der Waals surface area contributed by atoms with E-state index >= 15 is 0 Å². The first-order chi connectivity index (χ1) is 10.1. The maximum atomic E-state index is 11.3. The van der Waals surface area contributed by atoms with Gasteiger partial charge >= 0.3 is 5.69 Å². The van der Waals surface area contributed by atoms with E-state index in [2.05, 4.69) is 42.9 Å². The van der Waals surface area contributed by atoms with Crippen LogP contribution in [0.15, 0.2) is 35.0 Å². The van der Waals surface area contributed by atoms with Crippen LogP contribution in [0.1, 0.15) is 0 Å². The van der Waals surface area contributed by atoms with Gasteiger partial charge in [-0.2, -0.15) is 0 Å². The third-order valence-corrected chi connectivity index (χ3v) is 3.78. The van der Waals surface area contributed by atoms with E-state index in [1.807, 2.05) is 24.3 Å². The van der Waals surface area contributed by atoms with Crippen molar-refractivity contribution in [2.45, 2.75) is 0 Å². The zero-order chi connectivity index (χ0) is 15.0. The summed E-state index contributed by atoms with van der Waals surface area (Å²) in [6.07, 6.45) is 0. The van der Waals surface area contributed by atoms with Crippen molar-refractivity contribution in [3.63, 3.8) is 0 Å². The minimum Gasteiger partial charge on any atom is -0.350 e. The third kappa shape index (κ3) is 2.63. The van der Waals surface area contributed by atoms with E-state index in [-0.39, 0.29) is 27.4 Å². The molecular formula is C12H6ClIN4O3. The van der Waals surface area contributed by atoms with Gasteiger partial charge in [-0.1, -0.05) is 11.6 Å². The summed E-state index contributed by atoms with van der Waals surface area (Å²) in [5.41, 5.74) is 0.881. The molecule has 0 atom stereocenters. The molecule has 0 aliphatic heterocycles. The molecule has 0 saturated heterocycles. The van der Waals surface area contributed by atoms with Crippen LogP contribution in [-0.4, -0.2) is 15.2 Å². The Balaban J connectivity index is 2.14. The molecule has 0 amide bonds. The largest absolute Gasteiger partial charge is 0.350 e. The Morgan fingerprint density at radius 3 is 2.57 bits per heavy atom. The summed E-state index contributed by atoms with van der Waals surface area (Å²) in [5, 5.41) is 21.6. The summed E-state index contributed by atoms with van der Waals surface area (Å²) in [5.74, 6) is 0. The van der Waals surface area contributed by atoms with Crippen molar-refractivity contribution in [1.82, 2.24) is 10.3 Å². The van der Waals surface area contributed by atoms with Gasteiger partial charge in [0.15, 0.2) is 5.52 Å². The van der Waals surface area contributed by atoms with Gasteiger partial charge in [0.1, 0.15) is 5.69 Å². The topological polar surface area (TPSA) is 94.1 Å². The molecule has 0 radical (unpaired) electrons. The number of hydrogen-bond donors (Lipinski definition) is 1. The molecule has 0 aliphatic carbocycles. The highest BCUT2D eigenvalue weighted by molar-refractivity contribution is 14.1. The second-order valence-electron chi connectivity index (χ2n) is 4.10. The van der Waals surface area contributed by atoms with E-state index in [1.54, 1.807) is 0 Å². The SMILES string of the molecule is O=[N+]([O-])c1c(Nc2ccc(I)cc2)cc(Cl)c2nonc12. The van der Waals surface area contributed by atoms with Crippen molar-refractivity contribution >= 4 is 62.3 Å². The number of rotatable bonds is 3. The van der Waals surface area contributed by atoms with Crippen LogP contribution < -0.4 is 5.32 Å². The number of hydrogen-bond acceptors (Lipinski definition) is 6. The third-order valence-electron chi connectivity index (χ3n) is 2.77. The first kappa shape index (κ1) is 14.0. The summed E-state index contributed by atoms with van der Waals surface area (Å²) >= 11 is 8.22. The van der Waals surface area contributed by atoms with Gasteiger partial charge in [-0.3, -0.25) is 10.1 Å². The lowest BCUT2D eigenvalue weighted by Gasteiger charge is -2.07. The van der Waals surface area contributed by atoms with E-state index < -0.39 is 4.92 Å². The lowest BCUT2D eigenvalue weighted by molar-refractivity contribution is -0.382. The fraction of sp³-hybridized carbons (Fsp3) is 0. The summed E-state index contributed by atoms with van der Waals surface area (Å²) in [7, 11) is 0. The molecule has 21 heavy (non-hydrogen) atoms. The Hall–Kier alpha value is -1.94. The van der Waals surface area contributed by atoms with Crippen molar-refractivity contribution in [2.75, 3.05) is 5.32 Å². The van der Waals surface area contributed by atoms with E-state index in [1.165, 1.54) is 6.07 Å². The maximum absolute atomic E-state index is 11.3. The van der Waals surface area contributed by atoms with Crippen molar-refractivity contribution in [3.8, 4) is 0 Å². The van der Waals surface area contributed by atoms with Gasteiger partial charge in [-0.05, 0) is 63.2 Å². The lowest BCUT2D eigenvalue weighted by atomic mass is 10.2. The van der Waals surface area contributed by atoms with Gasteiger partial charge in [0, 0.05) is 9.26 Å². The predicted octanol–water partition coefficient (Wildman–Crippen LogP) is 4.13. The van der Waals surface area contributed by atoms with Crippen LogP contribution in [0.2, 0.25) is 5.02 Å². The summed E-state index contributed by atoms with van der Waals surface area (Å²) in [6.45, 7) is 0. The molecule has 0 unspecified atom stereocenters. The average molecular weight is 417 g/mol. The van der Waals surface area contributed by atoms with Gasteiger partial charge < -0.3 is 5.32 Å². The summed E-state index contributed by atoms with van der Waals surface area (Å²) in [6, 6.07) is 8.82. The van der Waals surface area contributed by atoms with Gasteiger partial charge in [-0.15, -0.1) is 0 Å². The maximum Gasteiger partial charge on any atom is 0.324 e. The van der Waals surface area contributed by atoms with E-state index in [4.69, 9.17) is 11.6 Å². The van der Waals surface area contributed by atoms with Crippen molar-refractivity contribution in [1.29, 1.82) is 0 Å². The van der Waals surface area contributed by atoms with Crippen LogP contribution in [0.25, 0.3) is 11.0 Å². The molecule has 0 saturated carbocycles. The number of nitrogens with one attached hydrogen (secondary N) is 1. The lowest BCUT2D eigenvalue weighted by Crippen LogP contribution is -1.98. The quantitative estimate of drug-likeness (QED) is 0.392. The molecule has 2 aromatic carbocycles. The molecular weight excluding hydrogens is 411 g/mol. The minimum atomic E-state index is -0.544. The second kappa shape index (κ2) is 5.45. The van der Waals surface area contributed by atoms with Crippen molar-refractivity contribution in [2.24, 2.45) is 0 Å². The van der Waals surface area contributed by atoms with Crippen LogP contribution in [0.3, 0.4) is 0 Å². The van der Waals surface area contributed by atoms with Crippen LogP contribution in [0.4, 0.5) is 17.1 Å². The monoisotopic (exact) mass is 416 g/mol. The Bertz CT molecular complexity index is 834. The fourth-order valence-corrected chi connectivity index (χ4v) is 2.45. The molecule has 1 heterocycles. The molecule has 3 rings (SSSR count). The van der Waals surface area contributed by atoms with E-state index in [9.17, 15) is 10.1 Å². The van der Waals surface area contributed by atoms with Crippen molar-refractivity contribution < 1.29 is 9.55 Å². The van der Waals surface area contributed by atoms with E-state index in [0.717, 1.165) is 3.57 Å². The minimum absolute atomic E-state index is 0.0144. The Kier molecular flexibility index (Phi) is 3.64. The standard InChI is InChI=1S/C12H6ClIN4O3/c13-8-5-9(15-7-3-1-6(14)2-4-7)12(18(19)20)11-10(8)16-21-17-11/h1-5,15H. The van der Waals surface area contributed by atoms with Crippen molar-refractivity contribution in [3.05, 3.63) is 49.0 Å². The molecule has 0 spiro atoms. The second-order valence-corrected chi connectivity index (χ2v) is 5.76. The summed E-state index contributed by atoms with van der Waals surface area (Å²) < 4.78 is 5.60. The highest BCUT2D eigenvalue weighted by atomic mass is 127. The average Bonchev–Trinajstić information content (AvgIpc) is 2.90. The number of aromatic nitrogens is 2. The molecule has 106 valence electrons. The number of anilines is 2. The fourth-order valence-electron chi connectivity index (χ4n) is 1.86. The molecule has 9 heteroatoms. The molecule has 0 bridgehead atoms. The smallest absolute Gasteiger partial charge is 0.324 e. The molecule has 1 N–H and O–H groups in total. The van der Waals surface area contributed by atoms with Crippen LogP contribution in [0.5, 0.6) is 0 Å². The molecule has 1 aromatic heterocycles. The number of nitrogens with zero attached hydrogens (tertiary/aromatic N) is 3. The first-order valence-corrected chi connectivity index (χ1v) is 7.13. The van der Waals surface area contributed by atoms with Crippen LogP contribution in [0, 0.1) is 13.7 Å². The van der Waals surface area contributed by atoms with Crippen LogP contribution >= 0.6 is 34.2 Å². The molecule has 0 aliphatic rings. The number of benzene rings is 2. The molecule has 7 nitrogen and oxygen atoms in total. The van der Waals surface area contributed by atoms with Gasteiger partial charge in [0.2, 0.25) is 5.52 Å². The number of nitro benzene ring substituents is 1. The zero-order valence-corrected chi connectivity index (χ0v) is 13.1. The van der Waals surface area contributed by atoms with Crippen LogP contribution in [-0.2, 0) is 0 Å². The van der Waals surface area contributed by atoms with E-state index in [0.29, 0.717) is 5.69 Å². The number of fused-ring (bicyclic) bond motifs is 1. The molecule has 3 aromatic rings. The Morgan fingerprint density at radius 2 is 1.90 bits per heavy atom. The molecule has 0 fully saturated rings.